The molecule has 17 heavy (non-hydrogen) atoms. The number of carbonyl (C=O) groups is 2. The van der Waals surface area contributed by atoms with Crippen molar-refractivity contribution >= 4 is 11.8 Å². The van der Waals surface area contributed by atoms with E-state index < -0.39 is 0 Å². The Labute approximate surface area is 101 Å². The summed E-state index contributed by atoms with van der Waals surface area (Å²) in [6.07, 6.45) is 5.10. The molecule has 0 radical (unpaired) electrons. The van der Waals surface area contributed by atoms with Gasteiger partial charge in [-0.15, -0.1) is 0 Å². The molecule has 2 amide bonds. The number of carbonyl (C=O) groups excluding carboxylic acids is 2. The summed E-state index contributed by atoms with van der Waals surface area (Å²) >= 11 is 0. The molecular formula is C13H18N2O2. The van der Waals surface area contributed by atoms with E-state index in [9.17, 15) is 9.59 Å². The van der Waals surface area contributed by atoms with Crippen LogP contribution in [0.3, 0.4) is 0 Å². The van der Waals surface area contributed by atoms with Crippen molar-refractivity contribution in [2.45, 2.75) is 32.2 Å². The Bertz CT molecular complexity index is 383. The number of piperidine rings is 1. The number of rotatable bonds is 5. The van der Waals surface area contributed by atoms with Crippen molar-refractivity contribution < 1.29 is 9.59 Å². The van der Waals surface area contributed by atoms with Crippen molar-refractivity contribution in [3.63, 3.8) is 0 Å². The fourth-order valence-electron chi connectivity index (χ4n) is 1.60. The normalized spacial score (nSPS) is 20.8. The Morgan fingerprint density at radius 1 is 1.59 bits per heavy atom. The van der Waals surface area contributed by atoms with Gasteiger partial charge in [-0.2, -0.15) is 0 Å². The van der Waals surface area contributed by atoms with Crippen LogP contribution in [0.15, 0.2) is 36.6 Å². The minimum Gasteiger partial charge on any atom is -0.373 e. The zero-order valence-corrected chi connectivity index (χ0v) is 10.1. The first kappa shape index (κ1) is 13.2. The van der Waals surface area contributed by atoms with Gasteiger partial charge < -0.3 is 5.32 Å². The fourth-order valence-corrected chi connectivity index (χ4v) is 1.60. The monoisotopic (exact) mass is 234 g/mol. The Morgan fingerprint density at radius 3 is 2.82 bits per heavy atom. The first-order valence-corrected chi connectivity index (χ1v) is 5.69. The molecule has 0 spiro atoms. The molecule has 2 N–H and O–H groups in total. The number of allylic oxidation sites excluding steroid dienone is 3. The number of amides is 2. The summed E-state index contributed by atoms with van der Waals surface area (Å²) in [6.45, 7) is 9.54. The van der Waals surface area contributed by atoms with Crippen LogP contribution >= 0.6 is 0 Å². The van der Waals surface area contributed by atoms with E-state index in [-0.39, 0.29) is 17.9 Å². The molecule has 4 heteroatoms. The molecule has 1 saturated heterocycles. The summed E-state index contributed by atoms with van der Waals surface area (Å²) in [5, 5.41) is 5.41. The molecule has 0 aromatic heterocycles. The Balaban J connectivity index is 2.71. The molecule has 0 aliphatic carbocycles. The number of nitrogens with one attached hydrogen (secondary N) is 2. The third-order valence-corrected chi connectivity index (χ3v) is 2.66. The van der Waals surface area contributed by atoms with Crippen LogP contribution in [0.4, 0.5) is 0 Å². The summed E-state index contributed by atoms with van der Waals surface area (Å²) in [5.74, 6) is -0.489. The molecule has 1 atom stereocenters. The third kappa shape index (κ3) is 3.59. The fraction of sp³-hybridized carbons (Fsp3) is 0.385. The van der Waals surface area contributed by atoms with Crippen LogP contribution in [0.5, 0.6) is 0 Å². The maximum Gasteiger partial charge on any atom is 0.249 e. The summed E-state index contributed by atoms with van der Waals surface area (Å²) < 4.78 is 0. The quantitative estimate of drug-likeness (QED) is 0.558. The van der Waals surface area contributed by atoms with Crippen LogP contribution in [0.25, 0.3) is 0 Å². The number of imide groups is 1. The van der Waals surface area contributed by atoms with E-state index in [1.807, 2.05) is 6.92 Å². The highest BCUT2D eigenvalue weighted by Gasteiger charge is 2.26. The second-order valence-corrected chi connectivity index (χ2v) is 3.92. The lowest BCUT2D eigenvalue weighted by Crippen LogP contribution is -2.50. The lowest BCUT2D eigenvalue weighted by Gasteiger charge is -2.24. The van der Waals surface area contributed by atoms with Gasteiger partial charge in [0.1, 0.15) is 6.04 Å². The van der Waals surface area contributed by atoms with E-state index in [1.54, 1.807) is 12.2 Å². The highest BCUT2D eigenvalue weighted by atomic mass is 16.2. The minimum atomic E-state index is -0.373. The van der Waals surface area contributed by atoms with Crippen molar-refractivity contribution in [2.24, 2.45) is 0 Å². The maximum absolute atomic E-state index is 11.6. The van der Waals surface area contributed by atoms with Crippen LogP contribution in [0.1, 0.15) is 26.2 Å². The van der Waals surface area contributed by atoms with E-state index in [4.69, 9.17) is 0 Å². The SMILES string of the molecule is C=C/C=C(/N[C@@H]1CCC(=O)NC1=O)C(=C)CC. The summed E-state index contributed by atoms with van der Waals surface area (Å²) in [5.41, 5.74) is 1.71. The van der Waals surface area contributed by atoms with Crippen LogP contribution in [0.2, 0.25) is 0 Å². The average molecular weight is 234 g/mol. The van der Waals surface area contributed by atoms with Gasteiger partial charge in [-0.1, -0.05) is 26.2 Å². The highest BCUT2D eigenvalue weighted by molar-refractivity contribution is 6.00. The topological polar surface area (TPSA) is 58.2 Å². The molecule has 1 rings (SSSR count). The van der Waals surface area contributed by atoms with Gasteiger partial charge in [-0.3, -0.25) is 14.9 Å². The average Bonchev–Trinajstić information content (AvgIpc) is 2.30. The van der Waals surface area contributed by atoms with Gasteiger partial charge in [-0.25, -0.2) is 0 Å². The smallest absolute Gasteiger partial charge is 0.249 e. The molecule has 1 fully saturated rings. The largest absolute Gasteiger partial charge is 0.373 e. The van der Waals surface area contributed by atoms with Gasteiger partial charge in [0.15, 0.2) is 0 Å². The Morgan fingerprint density at radius 2 is 2.29 bits per heavy atom. The van der Waals surface area contributed by atoms with E-state index >= 15 is 0 Å². The zero-order valence-electron chi connectivity index (χ0n) is 10.1. The van der Waals surface area contributed by atoms with E-state index in [0.29, 0.717) is 12.8 Å². The Hall–Kier alpha value is -1.84. The van der Waals surface area contributed by atoms with Crippen molar-refractivity contribution in [1.29, 1.82) is 0 Å². The number of hydrogen-bond acceptors (Lipinski definition) is 3. The maximum atomic E-state index is 11.6. The van der Waals surface area contributed by atoms with E-state index in [0.717, 1.165) is 17.7 Å². The molecule has 92 valence electrons. The summed E-state index contributed by atoms with van der Waals surface area (Å²) in [6, 6.07) is -0.373. The number of hydrogen-bond donors (Lipinski definition) is 2. The highest BCUT2D eigenvalue weighted by Crippen LogP contribution is 2.13. The molecule has 0 unspecified atom stereocenters. The zero-order chi connectivity index (χ0) is 12.8. The molecule has 0 bridgehead atoms. The van der Waals surface area contributed by atoms with Crippen molar-refractivity contribution in [3.8, 4) is 0 Å². The lowest BCUT2D eigenvalue weighted by molar-refractivity contribution is -0.134. The van der Waals surface area contributed by atoms with Crippen molar-refractivity contribution in [3.05, 3.63) is 36.6 Å². The molecule has 0 aromatic carbocycles. The second-order valence-electron chi connectivity index (χ2n) is 3.92. The first-order valence-electron chi connectivity index (χ1n) is 5.69. The molecule has 4 nitrogen and oxygen atoms in total. The molecule has 0 saturated carbocycles. The van der Waals surface area contributed by atoms with Gasteiger partial charge in [0.05, 0.1) is 0 Å². The lowest BCUT2D eigenvalue weighted by atomic mass is 10.0. The second kappa shape index (κ2) is 6.03. The summed E-state index contributed by atoms with van der Waals surface area (Å²) in [4.78, 5) is 22.6. The van der Waals surface area contributed by atoms with Gasteiger partial charge in [-0.05, 0) is 24.5 Å². The van der Waals surface area contributed by atoms with E-state index in [2.05, 4.69) is 23.8 Å². The molecule has 0 aromatic rings. The predicted octanol–water partition coefficient (Wildman–Crippen LogP) is 1.42. The molecular weight excluding hydrogens is 216 g/mol. The predicted molar refractivity (Wildman–Crippen MR) is 67.0 cm³/mol. The van der Waals surface area contributed by atoms with Gasteiger partial charge >= 0.3 is 0 Å². The van der Waals surface area contributed by atoms with Crippen LogP contribution in [0, 0.1) is 0 Å². The van der Waals surface area contributed by atoms with Crippen LogP contribution in [-0.4, -0.2) is 17.9 Å². The standard InChI is InChI=1S/C13H18N2O2/c1-4-6-10(9(3)5-2)14-11-7-8-12(16)15-13(11)17/h4,6,11,14H,1,3,5,7-8H2,2H3,(H,15,16,17)/b10-6+/t11-/m1/s1. The third-order valence-electron chi connectivity index (χ3n) is 2.66. The molecule has 1 aliphatic heterocycles. The molecule has 1 heterocycles. The van der Waals surface area contributed by atoms with Crippen molar-refractivity contribution in [2.75, 3.05) is 0 Å². The summed E-state index contributed by atoms with van der Waals surface area (Å²) in [7, 11) is 0. The van der Waals surface area contributed by atoms with E-state index in [1.165, 1.54) is 0 Å². The Kier molecular flexibility index (Phi) is 4.69. The van der Waals surface area contributed by atoms with Crippen LogP contribution < -0.4 is 10.6 Å². The minimum absolute atomic E-state index is 0.211. The van der Waals surface area contributed by atoms with Gasteiger partial charge in [0, 0.05) is 12.1 Å². The van der Waals surface area contributed by atoms with Gasteiger partial charge in [0.25, 0.3) is 0 Å². The molecule has 1 aliphatic rings. The van der Waals surface area contributed by atoms with Gasteiger partial charge in [0.2, 0.25) is 11.8 Å². The van der Waals surface area contributed by atoms with Crippen molar-refractivity contribution in [1.82, 2.24) is 10.6 Å². The van der Waals surface area contributed by atoms with Crippen LogP contribution in [-0.2, 0) is 9.59 Å². The first-order chi connectivity index (χ1) is 8.08.